The molecular weight excluding hydrogens is 346 g/mol. The summed E-state index contributed by atoms with van der Waals surface area (Å²) in [5.41, 5.74) is 1.16. The van der Waals surface area contributed by atoms with Gasteiger partial charge in [0.05, 0.1) is 17.6 Å². The lowest BCUT2D eigenvalue weighted by Gasteiger charge is -2.11. The fourth-order valence-corrected chi connectivity index (χ4v) is 5.13. The summed E-state index contributed by atoms with van der Waals surface area (Å²) in [4.78, 5) is 13.4. The van der Waals surface area contributed by atoms with E-state index >= 15 is 0 Å². The average molecular weight is 367 g/mol. The Morgan fingerprint density at radius 3 is 2.38 bits per heavy atom. The van der Waals surface area contributed by atoms with Gasteiger partial charge in [-0.1, -0.05) is 39.0 Å². The van der Waals surface area contributed by atoms with Gasteiger partial charge in [0.25, 0.3) is 10.0 Å². The molecule has 5 nitrogen and oxygen atoms in total. The van der Waals surface area contributed by atoms with Crippen LogP contribution in [0.2, 0.25) is 0 Å². The number of anilines is 1. The second-order valence-electron chi connectivity index (χ2n) is 5.56. The summed E-state index contributed by atoms with van der Waals surface area (Å²) in [6, 6.07) is 8.08. The van der Waals surface area contributed by atoms with E-state index in [4.69, 9.17) is 4.74 Å². The molecular formula is C17H21NO4S2. The van der Waals surface area contributed by atoms with Crippen LogP contribution in [0.5, 0.6) is 0 Å². The molecule has 1 aromatic carbocycles. The van der Waals surface area contributed by atoms with Gasteiger partial charge in [-0.25, -0.2) is 13.2 Å². The Kier molecular flexibility index (Phi) is 5.66. The molecule has 0 fully saturated rings. The molecule has 1 heterocycles. The summed E-state index contributed by atoms with van der Waals surface area (Å²) in [6.07, 6.45) is 0.717. The summed E-state index contributed by atoms with van der Waals surface area (Å²) in [7, 11) is -2.47. The van der Waals surface area contributed by atoms with Crippen molar-refractivity contribution in [2.24, 2.45) is 0 Å². The van der Waals surface area contributed by atoms with E-state index in [0.29, 0.717) is 10.6 Å². The minimum atomic E-state index is -3.76. The molecule has 1 N–H and O–H groups in total. The molecule has 0 saturated heterocycles. The topological polar surface area (TPSA) is 72.5 Å². The Balaban J connectivity index is 2.56. The number of methoxy groups -OCH3 is 1. The molecule has 0 bridgehead atoms. The van der Waals surface area contributed by atoms with Gasteiger partial charge in [0.15, 0.2) is 0 Å². The standard InChI is InChI=1S/C17H21NO4S2/c1-5-13-14(11(2)3)15(17(19)22-4)16(23-13)18-24(20,21)12-9-7-6-8-10-12/h6-11,18H,5H2,1-4H3. The largest absolute Gasteiger partial charge is 0.465 e. The smallest absolute Gasteiger partial charge is 0.341 e. The number of rotatable bonds is 6. The number of carbonyl (C=O) groups excluding carboxylic acids is 1. The van der Waals surface area contributed by atoms with Gasteiger partial charge >= 0.3 is 5.97 Å². The Morgan fingerprint density at radius 1 is 1.25 bits per heavy atom. The first-order valence-electron chi connectivity index (χ1n) is 7.63. The molecule has 130 valence electrons. The van der Waals surface area contributed by atoms with E-state index < -0.39 is 16.0 Å². The molecule has 0 aliphatic carbocycles. The lowest BCUT2D eigenvalue weighted by Crippen LogP contribution is -2.15. The number of sulfonamides is 1. The molecule has 0 spiro atoms. The Morgan fingerprint density at radius 2 is 1.88 bits per heavy atom. The van der Waals surface area contributed by atoms with Crippen LogP contribution in [-0.4, -0.2) is 21.5 Å². The number of thiophene rings is 1. The second kappa shape index (κ2) is 7.36. The third-order valence-electron chi connectivity index (χ3n) is 3.59. The van der Waals surface area contributed by atoms with Gasteiger partial charge < -0.3 is 4.74 Å². The molecule has 7 heteroatoms. The Labute approximate surface area is 146 Å². The molecule has 0 aliphatic rings. The van der Waals surface area contributed by atoms with Crippen LogP contribution in [0.4, 0.5) is 5.00 Å². The number of hydrogen-bond acceptors (Lipinski definition) is 5. The van der Waals surface area contributed by atoms with Crippen LogP contribution in [0.1, 0.15) is 47.5 Å². The average Bonchev–Trinajstić information content (AvgIpc) is 2.92. The van der Waals surface area contributed by atoms with Crippen molar-refractivity contribution in [1.82, 2.24) is 0 Å². The van der Waals surface area contributed by atoms with Crippen molar-refractivity contribution in [2.45, 2.75) is 38.0 Å². The van der Waals surface area contributed by atoms with Gasteiger partial charge in [-0.15, -0.1) is 11.3 Å². The fraction of sp³-hybridized carbons (Fsp3) is 0.353. The van der Waals surface area contributed by atoms with Gasteiger partial charge in [-0.05, 0) is 30.0 Å². The number of hydrogen-bond donors (Lipinski definition) is 1. The highest BCUT2D eigenvalue weighted by Gasteiger charge is 2.28. The highest BCUT2D eigenvalue weighted by Crippen LogP contribution is 2.39. The van der Waals surface area contributed by atoms with Crippen molar-refractivity contribution < 1.29 is 17.9 Å². The first-order chi connectivity index (χ1) is 11.3. The number of benzene rings is 1. The van der Waals surface area contributed by atoms with Crippen LogP contribution in [0.3, 0.4) is 0 Å². The van der Waals surface area contributed by atoms with Crippen molar-refractivity contribution >= 4 is 32.3 Å². The van der Waals surface area contributed by atoms with E-state index in [1.165, 1.54) is 30.6 Å². The number of nitrogens with one attached hydrogen (secondary N) is 1. The highest BCUT2D eigenvalue weighted by atomic mass is 32.2. The zero-order valence-corrected chi connectivity index (χ0v) is 15.8. The molecule has 2 rings (SSSR count). The molecule has 0 amide bonds. The first kappa shape index (κ1) is 18.5. The van der Waals surface area contributed by atoms with Gasteiger partial charge in [0, 0.05) is 4.88 Å². The summed E-state index contributed by atoms with van der Waals surface area (Å²) < 4.78 is 32.6. The summed E-state index contributed by atoms with van der Waals surface area (Å²) >= 11 is 1.29. The molecule has 24 heavy (non-hydrogen) atoms. The molecule has 0 unspecified atom stereocenters. The van der Waals surface area contributed by atoms with E-state index in [1.807, 2.05) is 20.8 Å². The van der Waals surface area contributed by atoms with E-state index in [2.05, 4.69) is 4.72 Å². The zero-order valence-electron chi connectivity index (χ0n) is 14.1. The van der Waals surface area contributed by atoms with E-state index in [9.17, 15) is 13.2 Å². The summed E-state index contributed by atoms with van der Waals surface area (Å²) in [5.74, 6) is -0.444. The van der Waals surface area contributed by atoms with Crippen molar-refractivity contribution in [2.75, 3.05) is 11.8 Å². The maximum Gasteiger partial charge on any atom is 0.341 e. The molecule has 0 radical (unpaired) electrons. The molecule has 1 aromatic heterocycles. The predicted molar refractivity (Wildman–Crippen MR) is 96.4 cm³/mol. The van der Waals surface area contributed by atoms with Crippen LogP contribution < -0.4 is 4.72 Å². The zero-order chi connectivity index (χ0) is 17.9. The fourth-order valence-electron chi connectivity index (χ4n) is 2.52. The van der Waals surface area contributed by atoms with Crippen molar-refractivity contribution in [3.63, 3.8) is 0 Å². The molecule has 0 aliphatic heterocycles. The van der Waals surface area contributed by atoms with Crippen LogP contribution in [0.25, 0.3) is 0 Å². The lowest BCUT2D eigenvalue weighted by molar-refractivity contribution is 0.0600. The number of aryl methyl sites for hydroxylation is 1. The third kappa shape index (κ3) is 3.62. The van der Waals surface area contributed by atoms with Gasteiger partial charge in [0.1, 0.15) is 5.00 Å². The van der Waals surface area contributed by atoms with Crippen LogP contribution >= 0.6 is 11.3 Å². The van der Waals surface area contributed by atoms with E-state index in [1.54, 1.807) is 18.2 Å². The quantitative estimate of drug-likeness (QED) is 0.783. The minimum Gasteiger partial charge on any atom is -0.465 e. The van der Waals surface area contributed by atoms with Gasteiger partial charge in [-0.3, -0.25) is 4.72 Å². The molecule has 2 aromatic rings. The van der Waals surface area contributed by atoms with Crippen molar-refractivity contribution in [1.29, 1.82) is 0 Å². The summed E-state index contributed by atoms with van der Waals surface area (Å²) in [6.45, 7) is 5.93. The highest BCUT2D eigenvalue weighted by molar-refractivity contribution is 7.93. The van der Waals surface area contributed by atoms with Gasteiger partial charge in [-0.2, -0.15) is 0 Å². The maximum atomic E-state index is 12.6. The van der Waals surface area contributed by atoms with Crippen LogP contribution in [-0.2, 0) is 21.2 Å². The third-order valence-corrected chi connectivity index (χ3v) is 6.35. The van der Waals surface area contributed by atoms with Crippen LogP contribution in [0.15, 0.2) is 35.2 Å². The molecule has 0 atom stereocenters. The van der Waals surface area contributed by atoms with E-state index in [0.717, 1.165) is 16.9 Å². The van der Waals surface area contributed by atoms with Gasteiger partial charge in [0.2, 0.25) is 0 Å². The number of carbonyl (C=O) groups is 1. The predicted octanol–water partition coefficient (Wildman–Crippen LogP) is 4.02. The lowest BCUT2D eigenvalue weighted by atomic mass is 9.98. The minimum absolute atomic E-state index is 0.0836. The number of ether oxygens (including phenoxy) is 1. The first-order valence-corrected chi connectivity index (χ1v) is 9.93. The van der Waals surface area contributed by atoms with Crippen molar-refractivity contribution in [3.8, 4) is 0 Å². The SMILES string of the molecule is CCc1sc(NS(=O)(=O)c2ccccc2)c(C(=O)OC)c1C(C)C. The Hall–Kier alpha value is -1.86. The Bertz CT molecular complexity index is 824. The van der Waals surface area contributed by atoms with E-state index in [-0.39, 0.29) is 10.8 Å². The normalized spacial score (nSPS) is 11.5. The monoisotopic (exact) mass is 367 g/mol. The number of esters is 1. The summed E-state index contributed by atoms with van der Waals surface area (Å²) in [5, 5.41) is 0.311. The second-order valence-corrected chi connectivity index (χ2v) is 8.35. The maximum absolute atomic E-state index is 12.6. The van der Waals surface area contributed by atoms with Crippen LogP contribution in [0, 0.1) is 0 Å². The van der Waals surface area contributed by atoms with Crippen molar-refractivity contribution in [3.05, 3.63) is 46.3 Å². The molecule has 0 saturated carbocycles.